The fourth-order valence-corrected chi connectivity index (χ4v) is 1.02. The molecule has 0 amide bonds. The Morgan fingerprint density at radius 2 is 1.92 bits per heavy atom. The van der Waals surface area contributed by atoms with Crippen molar-refractivity contribution in [2.24, 2.45) is 5.14 Å². The van der Waals surface area contributed by atoms with E-state index in [0.717, 1.165) is 6.07 Å². The van der Waals surface area contributed by atoms with Crippen molar-refractivity contribution in [2.45, 2.75) is 0 Å². The van der Waals surface area contributed by atoms with E-state index in [4.69, 9.17) is 0 Å². The number of halogens is 1. The summed E-state index contributed by atoms with van der Waals surface area (Å²) < 4.78 is 37.5. The van der Waals surface area contributed by atoms with Crippen LogP contribution in [0.15, 0.2) is 24.3 Å². The van der Waals surface area contributed by atoms with Crippen molar-refractivity contribution >= 4 is 10.3 Å². The monoisotopic (exact) mass is 191 g/mol. The molecule has 0 aliphatic carbocycles. The number of para-hydroxylation sites is 1. The first-order chi connectivity index (χ1) is 5.49. The molecule has 1 aromatic rings. The predicted molar refractivity (Wildman–Crippen MR) is 40.1 cm³/mol. The molecule has 0 heterocycles. The first kappa shape index (κ1) is 8.95. The van der Waals surface area contributed by atoms with Crippen LogP contribution in [0.1, 0.15) is 0 Å². The zero-order valence-corrected chi connectivity index (χ0v) is 6.71. The maximum atomic E-state index is 12.7. The van der Waals surface area contributed by atoms with Crippen molar-refractivity contribution in [3.63, 3.8) is 0 Å². The first-order valence-corrected chi connectivity index (χ1v) is 4.43. The van der Waals surface area contributed by atoms with Crippen molar-refractivity contribution in [2.75, 3.05) is 0 Å². The summed E-state index contributed by atoms with van der Waals surface area (Å²) >= 11 is 0. The molecule has 6 heteroatoms. The van der Waals surface area contributed by atoms with Crippen LogP contribution in [0.4, 0.5) is 4.39 Å². The normalized spacial score (nSPS) is 11.2. The molecule has 1 rings (SSSR count). The lowest BCUT2D eigenvalue weighted by atomic mass is 10.3. The van der Waals surface area contributed by atoms with Gasteiger partial charge in [-0.05, 0) is 12.1 Å². The number of hydrogen-bond donors (Lipinski definition) is 1. The molecule has 0 saturated heterocycles. The van der Waals surface area contributed by atoms with Crippen molar-refractivity contribution in [1.29, 1.82) is 0 Å². The van der Waals surface area contributed by atoms with Crippen LogP contribution in [-0.2, 0) is 10.3 Å². The Morgan fingerprint density at radius 3 is 2.42 bits per heavy atom. The van der Waals surface area contributed by atoms with Gasteiger partial charge in [0.2, 0.25) is 0 Å². The highest BCUT2D eigenvalue weighted by molar-refractivity contribution is 7.84. The highest BCUT2D eigenvalue weighted by Gasteiger charge is 2.08. The van der Waals surface area contributed by atoms with Gasteiger partial charge < -0.3 is 4.18 Å². The van der Waals surface area contributed by atoms with Gasteiger partial charge in [-0.1, -0.05) is 12.1 Å². The van der Waals surface area contributed by atoms with Crippen LogP contribution in [0.5, 0.6) is 5.75 Å². The van der Waals surface area contributed by atoms with E-state index >= 15 is 0 Å². The van der Waals surface area contributed by atoms with Crippen LogP contribution < -0.4 is 9.32 Å². The third-order valence-corrected chi connectivity index (χ3v) is 1.45. The largest absolute Gasteiger partial charge is 0.380 e. The Bertz CT molecular complexity index is 376. The highest BCUT2D eigenvalue weighted by Crippen LogP contribution is 2.15. The molecule has 0 aliphatic rings. The lowest BCUT2D eigenvalue weighted by Crippen LogP contribution is -2.19. The zero-order valence-electron chi connectivity index (χ0n) is 5.90. The van der Waals surface area contributed by atoms with E-state index in [-0.39, 0.29) is 0 Å². The molecule has 0 bridgehead atoms. The topological polar surface area (TPSA) is 69.4 Å². The summed E-state index contributed by atoms with van der Waals surface area (Å²) in [6.45, 7) is 0. The van der Waals surface area contributed by atoms with Gasteiger partial charge in [0.25, 0.3) is 0 Å². The van der Waals surface area contributed by atoms with E-state index in [2.05, 4.69) is 9.32 Å². The number of benzene rings is 1. The number of hydrogen-bond acceptors (Lipinski definition) is 3. The molecule has 66 valence electrons. The van der Waals surface area contributed by atoms with Crippen LogP contribution in [0.2, 0.25) is 0 Å². The Balaban J connectivity index is 2.98. The quantitative estimate of drug-likeness (QED) is 0.735. The SMILES string of the molecule is NS(=O)(=O)Oc1ccccc1F. The summed E-state index contributed by atoms with van der Waals surface area (Å²) in [6.07, 6.45) is 0. The molecular weight excluding hydrogens is 185 g/mol. The standard InChI is InChI=1S/C6H6FNO3S/c7-5-3-1-2-4-6(5)11-12(8,9)10/h1-4H,(H2,8,9,10). The lowest BCUT2D eigenvalue weighted by molar-refractivity contribution is 0.463. The first-order valence-electron chi connectivity index (χ1n) is 2.96. The van der Waals surface area contributed by atoms with Gasteiger partial charge in [-0.25, -0.2) is 4.39 Å². The van der Waals surface area contributed by atoms with E-state index in [1.165, 1.54) is 18.2 Å². The van der Waals surface area contributed by atoms with Gasteiger partial charge >= 0.3 is 10.3 Å². The van der Waals surface area contributed by atoms with E-state index in [1.54, 1.807) is 0 Å². The van der Waals surface area contributed by atoms with Gasteiger partial charge in [-0.3, -0.25) is 0 Å². The molecule has 0 aliphatic heterocycles. The van der Waals surface area contributed by atoms with Gasteiger partial charge in [-0.2, -0.15) is 13.6 Å². The zero-order chi connectivity index (χ0) is 9.19. The molecule has 2 N–H and O–H groups in total. The second-order valence-electron chi connectivity index (χ2n) is 2.01. The van der Waals surface area contributed by atoms with Crippen LogP contribution in [0.25, 0.3) is 0 Å². The summed E-state index contributed by atoms with van der Waals surface area (Å²) in [5.74, 6) is -1.17. The second-order valence-corrected chi connectivity index (χ2v) is 3.16. The van der Waals surface area contributed by atoms with Crippen LogP contribution >= 0.6 is 0 Å². The lowest BCUT2D eigenvalue weighted by Gasteiger charge is -2.01. The van der Waals surface area contributed by atoms with E-state index in [1.807, 2.05) is 0 Å². The molecule has 0 atom stereocenters. The molecule has 0 fully saturated rings. The van der Waals surface area contributed by atoms with E-state index < -0.39 is 21.9 Å². The average molecular weight is 191 g/mol. The fourth-order valence-electron chi connectivity index (χ4n) is 0.637. The second kappa shape index (κ2) is 3.08. The van der Waals surface area contributed by atoms with E-state index in [0.29, 0.717) is 0 Å². The molecule has 0 aromatic heterocycles. The van der Waals surface area contributed by atoms with Crippen LogP contribution in [0, 0.1) is 5.82 Å². The molecule has 1 aromatic carbocycles. The van der Waals surface area contributed by atoms with Gasteiger partial charge in [0.05, 0.1) is 0 Å². The Morgan fingerprint density at radius 1 is 1.33 bits per heavy atom. The molecule has 0 spiro atoms. The molecule has 0 unspecified atom stereocenters. The van der Waals surface area contributed by atoms with Crippen molar-refractivity contribution in [1.82, 2.24) is 0 Å². The van der Waals surface area contributed by atoms with E-state index in [9.17, 15) is 12.8 Å². The molecular formula is C6H6FNO3S. The van der Waals surface area contributed by atoms with Gasteiger partial charge in [0.15, 0.2) is 11.6 Å². The minimum Gasteiger partial charge on any atom is -0.368 e. The molecule has 0 radical (unpaired) electrons. The minimum absolute atomic E-state index is 0.403. The van der Waals surface area contributed by atoms with Gasteiger partial charge in [-0.15, -0.1) is 0 Å². The molecule has 12 heavy (non-hydrogen) atoms. The summed E-state index contributed by atoms with van der Waals surface area (Å²) in [4.78, 5) is 0. The summed E-state index contributed by atoms with van der Waals surface area (Å²) in [7, 11) is -4.14. The Hall–Kier alpha value is -1.14. The van der Waals surface area contributed by atoms with Crippen molar-refractivity contribution < 1.29 is 17.0 Å². The smallest absolute Gasteiger partial charge is 0.368 e. The summed E-state index contributed by atoms with van der Waals surface area (Å²) in [6, 6.07) is 5.08. The van der Waals surface area contributed by atoms with Crippen molar-refractivity contribution in [3.05, 3.63) is 30.1 Å². The minimum atomic E-state index is -4.14. The predicted octanol–water partition coefficient (Wildman–Crippen LogP) is 0.408. The summed E-state index contributed by atoms with van der Waals surface area (Å²) in [5.41, 5.74) is 0. The van der Waals surface area contributed by atoms with Gasteiger partial charge in [0, 0.05) is 0 Å². The maximum Gasteiger partial charge on any atom is 0.380 e. The maximum absolute atomic E-state index is 12.7. The van der Waals surface area contributed by atoms with Crippen molar-refractivity contribution in [3.8, 4) is 5.75 Å². The average Bonchev–Trinajstić information content (AvgIpc) is 1.91. The third-order valence-electron chi connectivity index (χ3n) is 1.04. The molecule has 0 saturated carbocycles. The third kappa shape index (κ3) is 2.48. The van der Waals surface area contributed by atoms with Crippen LogP contribution in [0.3, 0.4) is 0 Å². The number of nitrogens with two attached hydrogens (primary N) is 1. The number of rotatable bonds is 2. The molecule has 4 nitrogen and oxygen atoms in total. The Kier molecular flexibility index (Phi) is 2.30. The van der Waals surface area contributed by atoms with Crippen LogP contribution in [-0.4, -0.2) is 8.42 Å². The van der Waals surface area contributed by atoms with Gasteiger partial charge in [0.1, 0.15) is 0 Å². The fraction of sp³-hybridized carbons (Fsp3) is 0. The summed E-state index contributed by atoms with van der Waals surface area (Å²) in [5, 5.41) is 4.52. The highest BCUT2D eigenvalue weighted by atomic mass is 32.2. The Labute approximate surface area is 69.0 Å².